The summed E-state index contributed by atoms with van der Waals surface area (Å²) >= 11 is 3.22. The summed E-state index contributed by atoms with van der Waals surface area (Å²) in [6.45, 7) is 1.86. The molecule has 0 spiro atoms. The molecule has 2 saturated heterocycles. The first-order chi connectivity index (χ1) is 11.7. The minimum atomic E-state index is -3.78. The van der Waals surface area contributed by atoms with Gasteiger partial charge in [0.2, 0.25) is 10.0 Å². The predicted octanol–water partition coefficient (Wildman–Crippen LogP) is 1.63. The summed E-state index contributed by atoms with van der Waals surface area (Å²) < 4.78 is 62.1. The Kier molecular flexibility index (Phi) is 5.57. The molecule has 1 aromatic rings. The second kappa shape index (κ2) is 7.24. The van der Waals surface area contributed by atoms with Gasteiger partial charge in [0.1, 0.15) is 0 Å². The summed E-state index contributed by atoms with van der Waals surface area (Å²) in [5, 5.41) is 0. The van der Waals surface area contributed by atoms with Crippen LogP contribution in [0.4, 0.5) is 0 Å². The molecule has 0 aliphatic carbocycles. The van der Waals surface area contributed by atoms with E-state index >= 15 is 0 Å². The first-order valence-electron chi connectivity index (χ1n) is 7.92. The normalized spacial score (nSPS) is 21.7. The van der Waals surface area contributed by atoms with Crippen LogP contribution in [0, 0.1) is 5.92 Å². The zero-order chi connectivity index (χ0) is 18.2. The van der Waals surface area contributed by atoms with Crippen LogP contribution in [0.3, 0.4) is 0 Å². The lowest BCUT2D eigenvalue weighted by molar-refractivity contribution is -0.0938. The molecule has 0 atom stereocenters. The fourth-order valence-electron chi connectivity index (χ4n) is 3.09. The topological polar surface area (TPSA) is 90.0 Å². The van der Waals surface area contributed by atoms with Crippen molar-refractivity contribution in [3.05, 3.63) is 22.7 Å². The van der Waals surface area contributed by atoms with E-state index in [0.717, 1.165) is 6.26 Å². The highest BCUT2D eigenvalue weighted by Gasteiger charge is 2.35. The molecule has 1 aromatic carbocycles. The molecule has 25 heavy (non-hydrogen) atoms. The molecule has 0 saturated carbocycles. The maximum absolute atomic E-state index is 13.0. The second-order valence-electron chi connectivity index (χ2n) is 6.22. The van der Waals surface area contributed by atoms with E-state index in [4.69, 9.17) is 9.47 Å². The molecule has 2 fully saturated rings. The van der Waals surface area contributed by atoms with Crippen molar-refractivity contribution >= 4 is 35.8 Å². The van der Waals surface area contributed by atoms with Gasteiger partial charge >= 0.3 is 0 Å². The summed E-state index contributed by atoms with van der Waals surface area (Å²) in [4.78, 5) is -0.0424. The average Bonchev–Trinajstić information content (AvgIpc) is 3.08. The number of halogens is 1. The Labute approximate surface area is 156 Å². The molecule has 0 bridgehead atoms. The number of hydrogen-bond acceptors (Lipinski definition) is 6. The van der Waals surface area contributed by atoms with Gasteiger partial charge in [0.25, 0.3) is 0 Å². The smallest absolute Gasteiger partial charge is 0.244 e. The van der Waals surface area contributed by atoms with E-state index in [1.807, 2.05) is 0 Å². The van der Waals surface area contributed by atoms with Gasteiger partial charge in [-0.2, -0.15) is 4.31 Å². The number of benzene rings is 1. The van der Waals surface area contributed by atoms with Crippen LogP contribution in [0.1, 0.15) is 12.8 Å². The molecule has 10 heteroatoms. The fraction of sp³-hybridized carbons (Fsp3) is 0.600. The van der Waals surface area contributed by atoms with Crippen LogP contribution in [0.25, 0.3) is 0 Å². The summed E-state index contributed by atoms with van der Waals surface area (Å²) in [6, 6.07) is 4.06. The molecule has 2 aliphatic rings. The number of ether oxygens (including phenoxy) is 2. The van der Waals surface area contributed by atoms with Gasteiger partial charge in [0, 0.05) is 29.7 Å². The third-order valence-corrected chi connectivity index (χ3v) is 8.48. The molecule has 0 aromatic heterocycles. The summed E-state index contributed by atoms with van der Waals surface area (Å²) in [7, 11) is -7.27. The summed E-state index contributed by atoms with van der Waals surface area (Å²) in [5.41, 5.74) is 0. The summed E-state index contributed by atoms with van der Waals surface area (Å²) in [5.74, 6) is 0.180. The van der Waals surface area contributed by atoms with Crippen molar-refractivity contribution in [2.24, 2.45) is 5.92 Å². The van der Waals surface area contributed by atoms with Crippen LogP contribution in [-0.4, -0.2) is 60.0 Å². The van der Waals surface area contributed by atoms with Crippen LogP contribution < -0.4 is 0 Å². The van der Waals surface area contributed by atoms with Crippen molar-refractivity contribution in [1.82, 2.24) is 4.31 Å². The lowest BCUT2D eigenvalue weighted by Crippen LogP contribution is -2.41. The van der Waals surface area contributed by atoms with Crippen molar-refractivity contribution in [2.75, 3.05) is 32.6 Å². The van der Waals surface area contributed by atoms with Crippen molar-refractivity contribution in [3.8, 4) is 0 Å². The number of piperidine rings is 1. The molecule has 140 valence electrons. The van der Waals surface area contributed by atoms with E-state index < -0.39 is 19.9 Å². The minimum Gasteiger partial charge on any atom is -0.350 e. The number of nitrogens with zero attached hydrogens (tertiary/aromatic N) is 1. The molecular formula is C15H20BrNO6S2. The van der Waals surface area contributed by atoms with Gasteiger partial charge in [-0.3, -0.25) is 0 Å². The molecule has 0 unspecified atom stereocenters. The van der Waals surface area contributed by atoms with Crippen LogP contribution in [0.5, 0.6) is 0 Å². The van der Waals surface area contributed by atoms with Gasteiger partial charge in [-0.05, 0) is 47.0 Å². The van der Waals surface area contributed by atoms with Gasteiger partial charge < -0.3 is 9.47 Å². The molecule has 7 nitrogen and oxygen atoms in total. The highest BCUT2D eigenvalue weighted by atomic mass is 79.9. The Morgan fingerprint density at radius 1 is 1.08 bits per heavy atom. The van der Waals surface area contributed by atoms with Crippen molar-refractivity contribution in [1.29, 1.82) is 0 Å². The second-order valence-corrected chi connectivity index (χ2v) is 11.0. The van der Waals surface area contributed by atoms with Crippen molar-refractivity contribution in [3.63, 3.8) is 0 Å². The quantitative estimate of drug-likeness (QED) is 0.687. The molecule has 0 radical (unpaired) electrons. The van der Waals surface area contributed by atoms with E-state index in [9.17, 15) is 16.8 Å². The van der Waals surface area contributed by atoms with Gasteiger partial charge in [-0.25, -0.2) is 16.8 Å². The lowest BCUT2D eigenvalue weighted by Gasteiger charge is -2.33. The Morgan fingerprint density at radius 3 is 2.24 bits per heavy atom. The molecule has 0 N–H and O–H groups in total. The van der Waals surface area contributed by atoms with Crippen LogP contribution >= 0.6 is 15.9 Å². The van der Waals surface area contributed by atoms with Gasteiger partial charge in [0.15, 0.2) is 16.1 Å². The monoisotopic (exact) mass is 453 g/mol. The largest absolute Gasteiger partial charge is 0.350 e. The number of hydrogen-bond donors (Lipinski definition) is 0. The van der Waals surface area contributed by atoms with Crippen molar-refractivity contribution in [2.45, 2.75) is 28.9 Å². The standard InChI is InChI=1S/C15H20BrNO6S2/c1-24(18,19)12-2-3-13(16)14(10-12)25(20,21)17-6-4-11(5-7-17)15-22-8-9-23-15/h2-3,10-11,15H,4-9H2,1H3. The minimum absolute atomic E-state index is 0.0167. The van der Waals surface area contributed by atoms with Gasteiger partial charge in [-0.1, -0.05) is 0 Å². The Morgan fingerprint density at radius 2 is 1.68 bits per heavy atom. The third kappa shape index (κ3) is 4.09. The molecule has 2 heterocycles. The number of sulfonamides is 1. The third-order valence-electron chi connectivity index (χ3n) is 4.48. The first kappa shape index (κ1) is 19.2. The lowest BCUT2D eigenvalue weighted by atomic mass is 9.98. The molecule has 0 amide bonds. The van der Waals surface area contributed by atoms with Crippen LogP contribution in [0.15, 0.2) is 32.5 Å². The van der Waals surface area contributed by atoms with Gasteiger partial charge in [-0.15, -0.1) is 0 Å². The summed E-state index contributed by atoms with van der Waals surface area (Å²) in [6.07, 6.45) is 2.10. The number of sulfone groups is 1. The van der Waals surface area contributed by atoms with Crippen molar-refractivity contribution < 1.29 is 26.3 Å². The first-order valence-corrected chi connectivity index (χ1v) is 12.0. The Bertz CT molecular complexity index is 841. The van der Waals surface area contributed by atoms with E-state index in [2.05, 4.69) is 15.9 Å². The van der Waals surface area contributed by atoms with Crippen LogP contribution in [0.2, 0.25) is 0 Å². The highest BCUT2D eigenvalue weighted by Crippen LogP contribution is 2.32. The highest BCUT2D eigenvalue weighted by molar-refractivity contribution is 9.10. The fourth-order valence-corrected chi connectivity index (χ4v) is 6.23. The Hall–Kier alpha value is -0.520. The van der Waals surface area contributed by atoms with E-state index in [1.165, 1.54) is 22.5 Å². The zero-order valence-corrected chi connectivity index (χ0v) is 16.9. The Balaban J connectivity index is 1.80. The van der Waals surface area contributed by atoms with E-state index in [-0.39, 0.29) is 22.0 Å². The number of rotatable bonds is 4. The zero-order valence-electron chi connectivity index (χ0n) is 13.7. The maximum atomic E-state index is 13.0. The average molecular weight is 454 g/mol. The molecule has 2 aliphatic heterocycles. The van der Waals surface area contributed by atoms with Gasteiger partial charge in [0.05, 0.1) is 23.0 Å². The van der Waals surface area contributed by atoms with E-state index in [0.29, 0.717) is 43.6 Å². The molecule has 3 rings (SSSR count). The maximum Gasteiger partial charge on any atom is 0.244 e. The predicted molar refractivity (Wildman–Crippen MR) is 94.4 cm³/mol. The molecular weight excluding hydrogens is 434 g/mol. The van der Waals surface area contributed by atoms with Crippen LogP contribution in [-0.2, 0) is 29.3 Å². The SMILES string of the molecule is CS(=O)(=O)c1ccc(Br)c(S(=O)(=O)N2CCC(C3OCCO3)CC2)c1. The van der Waals surface area contributed by atoms with E-state index in [1.54, 1.807) is 0 Å².